The lowest BCUT2D eigenvalue weighted by Gasteiger charge is -1.92. The van der Waals surface area contributed by atoms with Gasteiger partial charge >= 0.3 is 0 Å². The molecule has 0 spiro atoms. The number of aromatic nitrogens is 3. The van der Waals surface area contributed by atoms with E-state index in [9.17, 15) is 0 Å². The lowest BCUT2D eigenvalue weighted by molar-refractivity contribution is 0.771. The highest BCUT2D eigenvalue weighted by atomic mass is 15.2. The largest absolute Gasteiger partial charge is 0.275 e. The van der Waals surface area contributed by atoms with Crippen LogP contribution < -0.4 is 0 Å². The molecule has 0 radical (unpaired) electrons. The lowest BCUT2D eigenvalue weighted by atomic mass is 10.2. The predicted octanol–water partition coefficient (Wildman–Crippen LogP) is 1.48. The van der Waals surface area contributed by atoms with E-state index in [1.165, 1.54) is 0 Å². The van der Waals surface area contributed by atoms with Crippen molar-refractivity contribution in [1.29, 1.82) is 0 Å². The third-order valence-electron chi connectivity index (χ3n) is 1.69. The molecule has 0 aromatic carbocycles. The van der Waals surface area contributed by atoms with Gasteiger partial charge in [0.1, 0.15) is 0 Å². The zero-order valence-electron chi connectivity index (χ0n) is 6.81. The summed E-state index contributed by atoms with van der Waals surface area (Å²) in [4.78, 5) is 3.94. The SMILES string of the molecule is Cn1ccc(-c2ccncc2)n1. The topological polar surface area (TPSA) is 30.7 Å². The van der Waals surface area contributed by atoms with E-state index in [-0.39, 0.29) is 0 Å². The highest BCUT2D eigenvalue weighted by Crippen LogP contribution is 2.13. The molecule has 0 amide bonds. The van der Waals surface area contributed by atoms with Gasteiger partial charge in [-0.15, -0.1) is 0 Å². The molecule has 3 nitrogen and oxygen atoms in total. The summed E-state index contributed by atoms with van der Waals surface area (Å²) >= 11 is 0. The molecular formula is C9H9N3. The van der Waals surface area contributed by atoms with E-state index in [1.54, 1.807) is 17.1 Å². The Morgan fingerprint density at radius 2 is 1.92 bits per heavy atom. The van der Waals surface area contributed by atoms with Crippen LogP contribution in [0.25, 0.3) is 11.3 Å². The van der Waals surface area contributed by atoms with Gasteiger partial charge in [0.25, 0.3) is 0 Å². The van der Waals surface area contributed by atoms with E-state index in [1.807, 2.05) is 31.4 Å². The predicted molar refractivity (Wildman–Crippen MR) is 46.4 cm³/mol. The molecule has 2 aromatic heterocycles. The molecule has 0 bridgehead atoms. The molecule has 0 aliphatic heterocycles. The molecule has 0 unspecified atom stereocenters. The number of hydrogen-bond acceptors (Lipinski definition) is 2. The first kappa shape index (κ1) is 7.03. The highest BCUT2D eigenvalue weighted by molar-refractivity contribution is 5.57. The summed E-state index contributed by atoms with van der Waals surface area (Å²) in [6.45, 7) is 0. The summed E-state index contributed by atoms with van der Waals surface area (Å²) in [6, 6.07) is 5.88. The van der Waals surface area contributed by atoms with Crippen LogP contribution in [0.15, 0.2) is 36.8 Å². The molecule has 0 aliphatic carbocycles. The van der Waals surface area contributed by atoms with Gasteiger partial charge in [0.2, 0.25) is 0 Å². The third-order valence-corrected chi connectivity index (χ3v) is 1.69. The summed E-state index contributed by atoms with van der Waals surface area (Å²) in [5.74, 6) is 0. The zero-order chi connectivity index (χ0) is 8.39. The second-order valence-corrected chi connectivity index (χ2v) is 2.61. The molecule has 3 heteroatoms. The van der Waals surface area contributed by atoms with Gasteiger partial charge in [-0.05, 0) is 18.2 Å². The van der Waals surface area contributed by atoms with E-state index >= 15 is 0 Å². The van der Waals surface area contributed by atoms with Crippen molar-refractivity contribution in [2.75, 3.05) is 0 Å². The summed E-state index contributed by atoms with van der Waals surface area (Å²) in [5.41, 5.74) is 2.09. The number of hydrogen-bond donors (Lipinski definition) is 0. The number of aryl methyl sites for hydroxylation is 1. The minimum Gasteiger partial charge on any atom is -0.275 e. The zero-order valence-corrected chi connectivity index (χ0v) is 6.81. The molecular weight excluding hydrogens is 150 g/mol. The number of pyridine rings is 1. The maximum atomic E-state index is 4.27. The van der Waals surface area contributed by atoms with Crippen LogP contribution in [-0.2, 0) is 7.05 Å². The van der Waals surface area contributed by atoms with Crippen LogP contribution >= 0.6 is 0 Å². The minimum atomic E-state index is 0.986. The molecule has 2 rings (SSSR count). The van der Waals surface area contributed by atoms with Crippen molar-refractivity contribution in [3.63, 3.8) is 0 Å². The maximum Gasteiger partial charge on any atom is 0.0924 e. The van der Waals surface area contributed by atoms with Gasteiger partial charge in [0, 0.05) is 31.2 Å². The molecule has 60 valence electrons. The monoisotopic (exact) mass is 159 g/mol. The van der Waals surface area contributed by atoms with Gasteiger partial charge in [-0.3, -0.25) is 9.67 Å². The van der Waals surface area contributed by atoms with E-state index in [0.29, 0.717) is 0 Å². The van der Waals surface area contributed by atoms with Crippen molar-refractivity contribution in [2.24, 2.45) is 7.05 Å². The average Bonchev–Trinajstić information content (AvgIpc) is 2.54. The van der Waals surface area contributed by atoms with Crippen LogP contribution in [0.1, 0.15) is 0 Å². The summed E-state index contributed by atoms with van der Waals surface area (Å²) in [5, 5.41) is 4.27. The Bertz CT molecular complexity index is 364. The maximum absolute atomic E-state index is 4.27. The Kier molecular flexibility index (Phi) is 1.63. The van der Waals surface area contributed by atoms with Crippen molar-refractivity contribution < 1.29 is 0 Å². The molecule has 0 N–H and O–H groups in total. The fraction of sp³-hybridized carbons (Fsp3) is 0.111. The second kappa shape index (κ2) is 2.77. The van der Waals surface area contributed by atoms with Crippen LogP contribution in [-0.4, -0.2) is 14.8 Å². The van der Waals surface area contributed by atoms with Crippen molar-refractivity contribution in [3.05, 3.63) is 36.8 Å². The molecule has 0 saturated carbocycles. The summed E-state index contributed by atoms with van der Waals surface area (Å²) in [6.07, 6.45) is 5.46. The quantitative estimate of drug-likeness (QED) is 0.631. The summed E-state index contributed by atoms with van der Waals surface area (Å²) in [7, 11) is 1.91. The first-order chi connectivity index (χ1) is 5.86. The Hall–Kier alpha value is -1.64. The van der Waals surface area contributed by atoms with Crippen LogP contribution in [0.5, 0.6) is 0 Å². The molecule has 2 aromatic rings. The molecule has 0 fully saturated rings. The molecule has 0 aliphatic rings. The van der Waals surface area contributed by atoms with Crippen molar-refractivity contribution in [2.45, 2.75) is 0 Å². The third kappa shape index (κ3) is 1.21. The summed E-state index contributed by atoms with van der Waals surface area (Å²) < 4.78 is 1.79. The first-order valence-corrected chi connectivity index (χ1v) is 3.76. The van der Waals surface area contributed by atoms with Crippen molar-refractivity contribution in [3.8, 4) is 11.3 Å². The van der Waals surface area contributed by atoms with Gasteiger partial charge in [0.15, 0.2) is 0 Å². The van der Waals surface area contributed by atoms with Crippen LogP contribution in [0.4, 0.5) is 0 Å². The average molecular weight is 159 g/mol. The first-order valence-electron chi connectivity index (χ1n) is 3.76. The van der Waals surface area contributed by atoms with Crippen molar-refractivity contribution >= 4 is 0 Å². The van der Waals surface area contributed by atoms with Crippen LogP contribution in [0.3, 0.4) is 0 Å². The Morgan fingerprint density at radius 1 is 1.17 bits per heavy atom. The molecule has 0 atom stereocenters. The fourth-order valence-electron chi connectivity index (χ4n) is 1.09. The smallest absolute Gasteiger partial charge is 0.0924 e. The Balaban J connectivity index is 2.45. The minimum absolute atomic E-state index is 0.986. The standard InChI is InChI=1S/C9H9N3/c1-12-7-4-9(11-12)8-2-5-10-6-3-8/h2-7H,1H3. The van der Waals surface area contributed by atoms with E-state index < -0.39 is 0 Å². The highest BCUT2D eigenvalue weighted by Gasteiger charge is 1.98. The van der Waals surface area contributed by atoms with E-state index in [4.69, 9.17) is 0 Å². The normalized spacial score (nSPS) is 10.1. The van der Waals surface area contributed by atoms with Gasteiger partial charge in [-0.2, -0.15) is 5.10 Å². The second-order valence-electron chi connectivity index (χ2n) is 2.61. The van der Waals surface area contributed by atoms with Crippen LogP contribution in [0, 0.1) is 0 Å². The number of nitrogens with zero attached hydrogens (tertiary/aromatic N) is 3. The lowest BCUT2D eigenvalue weighted by Crippen LogP contribution is -1.87. The van der Waals surface area contributed by atoms with Gasteiger partial charge in [0.05, 0.1) is 5.69 Å². The van der Waals surface area contributed by atoms with Crippen LogP contribution in [0.2, 0.25) is 0 Å². The van der Waals surface area contributed by atoms with E-state index in [0.717, 1.165) is 11.3 Å². The molecule has 0 saturated heterocycles. The Labute approximate surface area is 70.7 Å². The molecule has 2 heterocycles. The fourth-order valence-corrected chi connectivity index (χ4v) is 1.09. The van der Waals surface area contributed by atoms with Crippen molar-refractivity contribution in [1.82, 2.24) is 14.8 Å². The van der Waals surface area contributed by atoms with E-state index in [2.05, 4.69) is 10.1 Å². The molecule has 12 heavy (non-hydrogen) atoms. The van der Waals surface area contributed by atoms with Gasteiger partial charge in [-0.1, -0.05) is 0 Å². The Morgan fingerprint density at radius 3 is 2.50 bits per heavy atom. The number of rotatable bonds is 1. The van der Waals surface area contributed by atoms with Gasteiger partial charge < -0.3 is 0 Å². The van der Waals surface area contributed by atoms with Gasteiger partial charge in [-0.25, -0.2) is 0 Å².